The number of aryl methyl sites for hydroxylation is 1. The van der Waals surface area contributed by atoms with Gasteiger partial charge in [0, 0.05) is 65.7 Å². The lowest BCUT2D eigenvalue weighted by atomic mass is 9.95. The van der Waals surface area contributed by atoms with Gasteiger partial charge in [0.2, 0.25) is 0 Å². The van der Waals surface area contributed by atoms with Crippen LogP contribution in [0.5, 0.6) is 5.75 Å². The normalized spacial score (nSPS) is 18.8. The summed E-state index contributed by atoms with van der Waals surface area (Å²) in [6.07, 6.45) is -4.78. The van der Waals surface area contributed by atoms with Gasteiger partial charge in [-0.1, -0.05) is 0 Å². The third kappa shape index (κ3) is 5.90. The number of anilines is 2. The average molecular weight is 594 g/mol. The molecule has 2 aromatic carbocycles. The predicted molar refractivity (Wildman–Crippen MR) is 146 cm³/mol. The van der Waals surface area contributed by atoms with E-state index in [-0.39, 0.29) is 18.7 Å². The Bertz CT molecular complexity index is 1590. The number of amides is 1. The fraction of sp³-hybridized carbons (Fsp3) is 0.407. The third-order valence-corrected chi connectivity index (χ3v) is 8.11. The third-order valence-electron chi connectivity index (χ3n) is 7.72. The molecule has 2 aliphatic heterocycles. The van der Waals surface area contributed by atoms with E-state index in [0.717, 1.165) is 54.0 Å². The van der Waals surface area contributed by atoms with Crippen LogP contribution in [0.4, 0.5) is 24.5 Å². The second-order valence-corrected chi connectivity index (χ2v) is 11.0. The molecular weight excluding hydrogens is 565 g/mol. The van der Waals surface area contributed by atoms with E-state index < -0.39 is 40.6 Å². The van der Waals surface area contributed by atoms with Crippen LogP contribution in [-0.2, 0) is 24.2 Å². The number of nitrogens with zero attached hydrogens (tertiary/aromatic N) is 3. The number of likely N-dealkylation sites (N-methyl/N-ethyl adjacent to an activating group) is 1. The smallest absolute Gasteiger partial charge is 0.573 e. The van der Waals surface area contributed by atoms with Gasteiger partial charge in [-0.15, -0.1) is 13.2 Å². The second kappa shape index (κ2) is 11.0. The molecule has 1 amide bonds. The molecule has 0 bridgehead atoms. The van der Waals surface area contributed by atoms with Gasteiger partial charge in [0.25, 0.3) is 5.91 Å². The Labute approximate surface area is 236 Å². The molecule has 3 aromatic rings. The summed E-state index contributed by atoms with van der Waals surface area (Å²) in [5.41, 5.74) is 2.24. The van der Waals surface area contributed by atoms with Crippen molar-refractivity contribution in [1.82, 2.24) is 9.80 Å². The van der Waals surface area contributed by atoms with Crippen molar-refractivity contribution in [3.63, 3.8) is 0 Å². The maximum Gasteiger partial charge on any atom is 0.573 e. The van der Waals surface area contributed by atoms with Gasteiger partial charge in [-0.25, -0.2) is 4.79 Å². The molecule has 0 radical (unpaired) electrons. The zero-order valence-electron chi connectivity index (χ0n) is 22.5. The van der Waals surface area contributed by atoms with E-state index in [4.69, 9.17) is 4.42 Å². The fourth-order valence-electron chi connectivity index (χ4n) is 5.46. The van der Waals surface area contributed by atoms with Gasteiger partial charge in [0.15, 0.2) is 5.75 Å². The monoisotopic (exact) mass is 593 g/mol. The summed E-state index contributed by atoms with van der Waals surface area (Å²) < 4.78 is 72.3. The molecular formula is C27H28F3N4O6S-. The maximum absolute atomic E-state index is 13.3. The number of fused-ring (bicyclic) bond motifs is 3. The van der Waals surface area contributed by atoms with Gasteiger partial charge in [-0.3, -0.25) is 9.00 Å². The molecule has 2 unspecified atom stereocenters. The van der Waals surface area contributed by atoms with E-state index in [2.05, 4.69) is 28.5 Å². The Morgan fingerprint density at radius 2 is 1.93 bits per heavy atom. The molecule has 3 heterocycles. The average Bonchev–Trinajstić information content (AvgIpc) is 2.90. The van der Waals surface area contributed by atoms with Crippen molar-refractivity contribution in [1.29, 1.82) is 0 Å². The highest BCUT2D eigenvalue weighted by molar-refractivity contribution is 7.80. The topological polar surface area (TPSA) is 118 Å². The number of nitrogens with one attached hydrogen (secondary N) is 1. The second-order valence-electron chi connectivity index (χ2n) is 10.3. The van der Waals surface area contributed by atoms with Gasteiger partial charge in [0.1, 0.15) is 5.58 Å². The fourth-order valence-corrected chi connectivity index (χ4v) is 5.81. The molecule has 1 aromatic heterocycles. The lowest BCUT2D eigenvalue weighted by Gasteiger charge is -2.39. The minimum Gasteiger partial charge on any atom is -0.755 e. The lowest BCUT2D eigenvalue weighted by molar-refractivity contribution is -0.274. The summed E-state index contributed by atoms with van der Waals surface area (Å²) in [5, 5.41) is 0.789. The summed E-state index contributed by atoms with van der Waals surface area (Å²) >= 11 is -2.92. The highest BCUT2D eigenvalue weighted by atomic mass is 32.2. The number of benzene rings is 2. The highest BCUT2D eigenvalue weighted by Crippen LogP contribution is 2.35. The molecule has 10 nitrogen and oxygen atoms in total. The number of halogens is 3. The van der Waals surface area contributed by atoms with Crippen LogP contribution < -0.4 is 20.0 Å². The van der Waals surface area contributed by atoms with E-state index in [0.29, 0.717) is 23.6 Å². The first-order chi connectivity index (χ1) is 19.3. The van der Waals surface area contributed by atoms with Crippen LogP contribution >= 0.6 is 0 Å². The Kier molecular flexibility index (Phi) is 7.74. The molecule has 1 saturated heterocycles. The molecule has 5 rings (SSSR count). The van der Waals surface area contributed by atoms with Crippen molar-refractivity contribution in [2.24, 2.45) is 0 Å². The molecule has 14 heteroatoms. The molecule has 2 atom stereocenters. The SMILES string of the molecule is Cc1c(N2CCN(C)C(C)C2)ccc2c3c(c(=O)oc12)CN(C(=O)c1ccc(NS(=O)[O-])c(OC(F)(F)F)c1)CC3. The zero-order valence-corrected chi connectivity index (χ0v) is 23.4. The Balaban J connectivity index is 1.43. The van der Waals surface area contributed by atoms with Gasteiger partial charge in [0.05, 0.1) is 17.8 Å². The molecule has 1 fully saturated rings. The van der Waals surface area contributed by atoms with Gasteiger partial charge >= 0.3 is 12.0 Å². The van der Waals surface area contributed by atoms with Crippen LogP contribution in [0.15, 0.2) is 39.5 Å². The van der Waals surface area contributed by atoms with Crippen LogP contribution in [-0.4, -0.2) is 70.1 Å². The number of piperazine rings is 1. The Hall–Kier alpha value is -3.62. The Morgan fingerprint density at radius 1 is 1.17 bits per heavy atom. The summed E-state index contributed by atoms with van der Waals surface area (Å²) in [5.74, 6) is -1.52. The first kappa shape index (κ1) is 28.9. The van der Waals surface area contributed by atoms with Crippen molar-refractivity contribution < 1.29 is 35.9 Å². The summed E-state index contributed by atoms with van der Waals surface area (Å²) in [4.78, 5) is 32.3. The van der Waals surface area contributed by atoms with E-state index in [1.807, 2.05) is 23.8 Å². The Morgan fingerprint density at radius 3 is 2.61 bits per heavy atom. The van der Waals surface area contributed by atoms with Crippen LogP contribution in [0.3, 0.4) is 0 Å². The minimum absolute atomic E-state index is 0.0940. The minimum atomic E-state index is -5.12. The number of rotatable bonds is 5. The molecule has 0 aliphatic carbocycles. The van der Waals surface area contributed by atoms with E-state index in [9.17, 15) is 31.5 Å². The maximum atomic E-state index is 13.3. The molecule has 2 aliphatic rings. The van der Waals surface area contributed by atoms with Crippen LogP contribution in [0.1, 0.15) is 34.0 Å². The summed E-state index contributed by atoms with van der Waals surface area (Å²) in [7, 11) is 2.09. The lowest BCUT2D eigenvalue weighted by Crippen LogP contribution is -2.50. The van der Waals surface area contributed by atoms with E-state index in [1.54, 1.807) is 0 Å². The van der Waals surface area contributed by atoms with E-state index in [1.165, 1.54) is 11.0 Å². The standard InChI is InChI=1S/C27H29F3N4O6S/c1-15-13-33(11-10-32(15)3)22-7-5-19-18-8-9-34(14-20(18)26(36)39-24(19)16(22)2)25(35)17-4-6-21(31-41(37)38)23(12-17)40-27(28,29)30/h4-7,12,15,31H,8-11,13-14H2,1-3H3,(H,37,38)/p-1. The van der Waals surface area contributed by atoms with Crippen molar-refractivity contribution in [2.75, 3.05) is 42.8 Å². The van der Waals surface area contributed by atoms with Crippen LogP contribution in [0.2, 0.25) is 0 Å². The quantitative estimate of drug-likeness (QED) is 0.353. The highest BCUT2D eigenvalue weighted by Gasteiger charge is 2.33. The number of carbonyl (C=O) groups is 1. The number of alkyl halides is 3. The number of hydrogen-bond donors (Lipinski definition) is 1. The van der Waals surface area contributed by atoms with Gasteiger partial charge in [-0.2, -0.15) is 0 Å². The van der Waals surface area contributed by atoms with E-state index >= 15 is 0 Å². The molecule has 1 N–H and O–H groups in total. The number of hydrogen-bond acceptors (Lipinski definition) is 8. The molecule has 0 spiro atoms. The van der Waals surface area contributed by atoms with Crippen molar-refractivity contribution in [3.05, 3.63) is 63.0 Å². The van der Waals surface area contributed by atoms with Crippen molar-refractivity contribution in [2.45, 2.75) is 39.2 Å². The predicted octanol–water partition coefficient (Wildman–Crippen LogP) is 3.54. The van der Waals surface area contributed by atoms with Crippen molar-refractivity contribution in [3.8, 4) is 5.75 Å². The largest absolute Gasteiger partial charge is 0.755 e. The number of ether oxygens (including phenoxy) is 1. The first-order valence-electron chi connectivity index (χ1n) is 12.9. The van der Waals surface area contributed by atoms with Gasteiger partial charge in [-0.05, 0) is 63.2 Å². The van der Waals surface area contributed by atoms with Gasteiger partial charge < -0.3 is 33.1 Å². The molecule has 41 heavy (non-hydrogen) atoms. The van der Waals surface area contributed by atoms with Crippen molar-refractivity contribution >= 4 is 39.5 Å². The zero-order chi connectivity index (χ0) is 29.6. The first-order valence-corrected chi connectivity index (χ1v) is 14.0. The molecule has 0 saturated carbocycles. The summed E-state index contributed by atoms with van der Waals surface area (Å²) in [6, 6.07) is 7.34. The van der Waals surface area contributed by atoms with Crippen LogP contribution in [0.25, 0.3) is 11.0 Å². The van der Waals surface area contributed by atoms with Crippen LogP contribution in [0, 0.1) is 6.92 Å². The molecule has 220 valence electrons. The summed E-state index contributed by atoms with van der Waals surface area (Å²) in [6.45, 7) is 6.81. The number of carbonyl (C=O) groups excluding carboxylic acids is 1.